The average molecular weight is 194 g/mol. The van der Waals surface area contributed by atoms with Crippen LogP contribution >= 0.6 is 0 Å². The monoisotopic (exact) mass is 194 g/mol. The average Bonchev–Trinajstić information content (AvgIpc) is 2.26. The standard InChI is InChI=1S/C10H14N2O2/c1-2-9(10(13)14-11)6-8-4-3-5-12-7-8/h3-5,7,9H,2,6,11H2,1H3. The van der Waals surface area contributed by atoms with E-state index in [1.807, 2.05) is 19.1 Å². The molecule has 2 N–H and O–H groups in total. The van der Waals surface area contributed by atoms with E-state index in [1.54, 1.807) is 12.4 Å². The molecule has 0 bridgehead atoms. The Morgan fingerprint density at radius 2 is 2.50 bits per heavy atom. The number of nitrogens with two attached hydrogens (primary N) is 1. The molecular formula is C10H14N2O2. The fourth-order valence-electron chi connectivity index (χ4n) is 1.29. The molecule has 4 heteroatoms. The van der Waals surface area contributed by atoms with Crippen LogP contribution in [0, 0.1) is 5.92 Å². The van der Waals surface area contributed by atoms with Gasteiger partial charge in [0, 0.05) is 12.4 Å². The summed E-state index contributed by atoms with van der Waals surface area (Å²) in [6, 6.07) is 3.77. The predicted octanol–water partition coefficient (Wildman–Crippen LogP) is 1.07. The number of nitrogens with zero attached hydrogens (tertiary/aromatic N) is 1. The zero-order valence-electron chi connectivity index (χ0n) is 8.14. The lowest BCUT2D eigenvalue weighted by Gasteiger charge is -2.10. The zero-order chi connectivity index (χ0) is 10.4. The lowest BCUT2D eigenvalue weighted by Crippen LogP contribution is -2.22. The maximum atomic E-state index is 11.2. The molecule has 0 aliphatic rings. The largest absolute Gasteiger partial charge is 0.373 e. The van der Waals surface area contributed by atoms with Crippen LogP contribution in [-0.2, 0) is 16.1 Å². The molecule has 0 amide bonds. The molecule has 1 atom stereocenters. The minimum atomic E-state index is -0.364. The topological polar surface area (TPSA) is 65.2 Å². The summed E-state index contributed by atoms with van der Waals surface area (Å²) in [5, 5.41) is 0. The molecule has 14 heavy (non-hydrogen) atoms. The summed E-state index contributed by atoms with van der Waals surface area (Å²) in [6.07, 6.45) is 4.78. The van der Waals surface area contributed by atoms with Gasteiger partial charge in [0.05, 0.1) is 5.92 Å². The molecule has 4 nitrogen and oxygen atoms in total. The van der Waals surface area contributed by atoms with Crippen molar-refractivity contribution >= 4 is 5.97 Å². The SMILES string of the molecule is CCC(Cc1cccnc1)C(=O)ON. The molecule has 0 aliphatic heterocycles. The molecule has 0 aliphatic carbocycles. The summed E-state index contributed by atoms with van der Waals surface area (Å²) in [5.41, 5.74) is 1.02. The molecule has 1 heterocycles. The molecule has 0 fully saturated rings. The number of rotatable bonds is 4. The number of carbonyl (C=O) groups excluding carboxylic acids is 1. The highest BCUT2D eigenvalue weighted by Crippen LogP contribution is 2.12. The fourth-order valence-corrected chi connectivity index (χ4v) is 1.29. The molecule has 0 spiro atoms. The zero-order valence-corrected chi connectivity index (χ0v) is 8.14. The highest BCUT2D eigenvalue weighted by molar-refractivity contribution is 5.72. The maximum Gasteiger partial charge on any atom is 0.327 e. The highest BCUT2D eigenvalue weighted by atomic mass is 16.7. The number of carbonyl (C=O) groups is 1. The van der Waals surface area contributed by atoms with Crippen LogP contribution in [0.25, 0.3) is 0 Å². The Hall–Kier alpha value is -1.42. The van der Waals surface area contributed by atoms with Gasteiger partial charge in [0.15, 0.2) is 0 Å². The first-order chi connectivity index (χ1) is 6.77. The Morgan fingerprint density at radius 1 is 1.71 bits per heavy atom. The molecule has 0 aromatic carbocycles. The van der Waals surface area contributed by atoms with Crippen LogP contribution in [0.2, 0.25) is 0 Å². The summed E-state index contributed by atoms with van der Waals surface area (Å²) in [4.78, 5) is 19.4. The van der Waals surface area contributed by atoms with Gasteiger partial charge in [-0.15, -0.1) is 0 Å². The van der Waals surface area contributed by atoms with Crippen molar-refractivity contribution in [3.05, 3.63) is 30.1 Å². The number of hydrogen-bond acceptors (Lipinski definition) is 4. The van der Waals surface area contributed by atoms with Crippen LogP contribution in [0.5, 0.6) is 0 Å². The first-order valence-electron chi connectivity index (χ1n) is 4.57. The van der Waals surface area contributed by atoms with Gasteiger partial charge in [-0.2, -0.15) is 5.90 Å². The predicted molar refractivity (Wildman–Crippen MR) is 52.0 cm³/mol. The van der Waals surface area contributed by atoms with E-state index in [4.69, 9.17) is 5.90 Å². The van der Waals surface area contributed by atoms with Crippen molar-refractivity contribution in [3.8, 4) is 0 Å². The first kappa shape index (κ1) is 10.7. The smallest absolute Gasteiger partial charge is 0.327 e. The lowest BCUT2D eigenvalue weighted by molar-refractivity contribution is -0.149. The molecule has 1 aromatic heterocycles. The Morgan fingerprint density at radius 3 is 3.00 bits per heavy atom. The van der Waals surface area contributed by atoms with E-state index in [-0.39, 0.29) is 11.9 Å². The van der Waals surface area contributed by atoms with Gasteiger partial charge in [-0.1, -0.05) is 13.0 Å². The normalized spacial score (nSPS) is 12.1. The van der Waals surface area contributed by atoms with E-state index < -0.39 is 0 Å². The molecule has 0 saturated carbocycles. The van der Waals surface area contributed by atoms with Gasteiger partial charge >= 0.3 is 5.97 Å². The minimum Gasteiger partial charge on any atom is -0.373 e. The molecular weight excluding hydrogens is 180 g/mol. The van der Waals surface area contributed by atoms with Gasteiger partial charge in [0.2, 0.25) is 0 Å². The summed E-state index contributed by atoms with van der Waals surface area (Å²) >= 11 is 0. The van der Waals surface area contributed by atoms with Crippen molar-refractivity contribution in [2.75, 3.05) is 0 Å². The van der Waals surface area contributed by atoms with Crippen LogP contribution in [-0.4, -0.2) is 11.0 Å². The van der Waals surface area contributed by atoms with Gasteiger partial charge in [-0.25, -0.2) is 0 Å². The molecule has 1 rings (SSSR count). The molecule has 1 aromatic rings. The van der Waals surface area contributed by atoms with E-state index in [1.165, 1.54) is 0 Å². The first-order valence-corrected chi connectivity index (χ1v) is 4.57. The van der Waals surface area contributed by atoms with Crippen LogP contribution < -0.4 is 5.90 Å². The number of pyridine rings is 1. The fraction of sp³-hybridized carbons (Fsp3) is 0.400. The molecule has 0 radical (unpaired) electrons. The van der Waals surface area contributed by atoms with Crippen molar-refractivity contribution in [1.82, 2.24) is 4.98 Å². The lowest BCUT2D eigenvalue weighted by atomic mass is 9.98. The maximum absolute atomic E-state index is 11.2. The summed E-state index contributed by atoms with van der Waals surface area (Å²) < 4.78 is 0. The summed E-state index contributed by atoms with van der Waals surface area (Å²) in [7, 11) is 0. The van der Waals surface area contributed by atoms with Gasteiger partial charge in [-0.3, -0.25) is 9.78 Å². The summed E-state index contributed by atoms with van der Waals surface area (Å²) in [6.45, 7) is 1.93. The van der Waals surface area contributed by atoms with Crippen molar-refractivity contribution in [1.29, 1.82) is 0 Å². The van der Waals surface area contributed by atoms with Gasteiger partial charge in [0.25, 0.3) is 0 Å². The Labute approximate surface area is 83.0 Å². The van der Waals surface area contributed by atoms with Crippen molar-refractivity contribution < 1.29 is 9.63 Å². The highest BCUT2D eigenvalue weighted by Gasteiger charge is 2.17. The second-order valence-electron chi connectivity index (χ2n) is 3.11. The minimum absolute atomic E-state index is 0.177. The van der Waals surface area contributed by atoms with Crippen LogP contribution in [0.15, 0.2) is 24.5 Å². The Kier molecular flexibility index (Phi) is 4.07. The van der Waals surface area contributed by atoms with E-state index in [0.717, 1.165) is 5.56 Å². The quantitative estimate of drug-likeness (QED) is 0.728. The van der Waals surface area contributed by atoms with Crippen LogP contribution in [0.3, 0.4) is 0 Å². The van der Waals surface area contributed by atoms with Crippen molar-refractivity contribution in [2.24, 2.45) is 11.8 Å². The number of aromatic nitrogens is 1. The third-order valence-corrected chi connectivity index (χ3v) is 2.15. The number of hydrogen-bond donors (Lipinski definition) is 1. The molecule has 76 valence electrons. The third kappa shape index (κ3) is 2.81. The Bertz CT molecular complexity index is 287. The van der Waals surface area contributed by atoms with E-state index in [9.17, 15) is 4.79 Å². The third-order valence-electron chi connectivity index (χ3n) is 2.15. The van der Waals surface area contributed by atoms with Crippen LogP contribution in [0.1, 0.15) is 18.9 Å². The van der Waals surface area contributed by atoms with Crippen LogP contribution in [0.4, 0.5) is 0 Å². The van der Waals surface area contributed by atoms with E-state index in [2.05, 4.69) is 9.82 Å². The Balaban J connectivity index is 2.62. The van der Waals surface area contributed by atoms with Gasteiger partial charge in [-0.05, 0) is 24.5 Å². The molecule has 1 unspecified atom stereocenters. The van der Waals surface area contributed by atoms with E-state index in [0.29, 0.717) is 12.8 Å². The van der Waals surface area contributed by atoms with Gasteiger partial charge < -0.3 is 4.84 Å². The van der Waals surface area contributed by atoms with Gasteiger partial charge in [0.1, 0.15) is 0 Å². The van der Waals surface area contributed by atoms with Crippen molar-refractivity contribution in [2.45, 2.75) is 19.8 Å². The second kappa shape index (κ2) is 5.34. The second-order valence-corrected chi connectivity index (χ2v) is 3.11. The van der Waals surface area contributed by atoms with E-state index >= 15 is 0 Å². The van der Waals surface area contributed by atoms with Crippen molar-refractivity contribution in [3.63, 3.8) is 0 Å². The summed E-state index contributed by atoms with van der Waals surface area (Å²) in [5.74, 6) is 4.30. The molecule has 0 saturated heterocycles.